The van der Waals surface area contributed by atoms with Gasteiger partial charge in [-0.1, -0.05) is 18.2 Å². The summed E-state index contributed by atoms with van der Waals surface area (Å²) in [5.41, 5.74) is 12.1. The number of esters is 2. The van der Waals surface area contributed by atoms with E-state index in [2.05, 4.69) is 10.3 Å². The number of nitrogens with two attached hydrogens (primary N) is 2. The minimum atomic E-state index is -1.41. The van der Waals surface area contributed by atoms with Crippen molar-refractivity contribution in [2.24, 2.45) is 16.5 Å². The van der Waals surface area contributed by atoms with Crippen molar-refractivity contribution in [1.82, 2.24) is 5.32 Å². The first-order chi connectivity index (χ1) is 23.1. The van der Waals surface area contributed by atoms with E-state index in [9.17, 15) is 34.2 Å². The van der Waals surface area contributed by atoms with Crippen molar-refractivity contribution in [3.05, 3.63) is 88.0 Å². The summed E-state index contributed by atoms with van der Waals surface area (Å²) in [6, 6.07) is 13.8. The first-order valence-corrected chi connectivity index (χ1v) is 15.4. The van der Waals surface area contributed by atoms with Crippen molar-refractivity contribution in [2.45, 2.75) is 64.5 Å². The molecule has 1 heterocycles. The Morgan fingerprint density at radius 2 is 1.80 bits per heavy atom. The van der Waals surface area contributed by atoms with Crippen molar-refractivity contribution in [1.29, 1.82) is 0 Å². The van der Waals surface area contributed by atoms with Gasteiger partial charge in [0.25, 0.3) is 5.91 Å². The lowest BCUT2D eigenvalue weighted by atomic mass is 9.89. The standard InChI is InChI=1S/C35H38N4O10/c1-35(2,3)49-32(45)21-7-4-6-19(16-21)18-38-30(42)28-24(25(31(43)44)12-14-27(40)41)11-13-26-29(28)47-15-5-8-20-17-22(39-34(36)37)9-10-23(20)33(46)48-26/h4,6-7,9-11,13,16-17,25H,5,8,12,14-15,18H2,1-3H3,(H,38,42)(H,40,41)(H,43,44)(H4,36,37,39). The summed E-state index contributed by atoms with van der Waals surface area (Å²) in [6.07, 6.45) is -0.0950. The fourth-order valence-electron chi connectivity index (χ4n) is 5.22. The minimum Gasteiger partial charge on any atom is -0.489 e. The number of aliphatic imine (C=N–C) groups is 1. The van der Waals surface area contributed by atoms with E-state index in [4.69, 9.17) is 25.7 Å². The zero-order chi connectivity index (χ0) is 35.9. The molecule has 0 saturated heterocycles. The molecule has 14 nitrogen and oxygen atoms in total. The van der Waals surface area contributed by atoms with Crippen LogP contribution in [0.1, 0.15) is 93.7 Å². The van der Waals surface area contributed by atoms with E-state index in [0.717, 1.165) is 0 Å². The highest BCUT2D eigenvalue weighted by Gasteiger charge is 2.32. The molecule has 3 aromatic carbocycles. The second kappa shape index (κ2) is 15.3. The summed E-state index contributed by atoms with van der Waals surface area (Å²) in [4.78, 5) is 67.9. The Labute approximate surface area is 282 Å². The van der Waals surface area contributed by atoms with Crippen molar-refractivity contribution in [3.63, 3.8) is 0 Å². The first kappa shape index (κ1) is 35.9. The summed E-state index contributed by atoms with van der Waals surface area (Å²) in [5.74, 6) is -6.55. The number of hydrogen-bond donors (Lipinski definition) is 5. The molecule has 1 aliphatic rings. The zero-order valence-corrected chi connectivity index (χ0v) is 27.3. The van der Waals surface area contributed by atoms with Crippen LogP contribution in [0.15, 0.2) is 59.6 Å². The maximum atomic E-state index is 14.0. The second-order valence-electron chi connectivity index (χ2n) is 12.3. The van der Waals surface area contributed by atoms with E-state index in [-0.39, 0.29) is 59.3 Å². The number of aliphatic carboxylic acids is 2. The third-order valence-electron chi connectivity index (χ3n) is 7.32. The molecule has 258 valence electrons. The van der Waals surface area contributed by atoms with Crippen molar-refractivity contribution < 1.29 is 48.4 Å². The maximum absolute atomic E-state index is 14.0. The number of guanidine groups is 1. The molecule has 0 aromatic heterocycles. The van der Waals surface area contributed by atoms with Gasteiger partial charge in [-0.25, -0.2) is 14.6 Å². The molecule has 4 rings (SSSR count). The number of aryl methyl sites for hydroxylation is 1. The largest absolute Gasteiger partial charge is 0.489 e. The van der Waals surface area contributed by atoms with Crippen LogP contribution in [0.4, 0.5) is 5.69 Å². The highest BCUT2D eigenvalue weighted by atomic mass is 16.6. The molecule has 0 radical (unpaired) electrons. The van der Waals surface area contributed by atoms with Crippen molar-refractivity contribution in [3.8, 4) is 11.5 Å². The normalized spacial score (nSPS) is 13.3. The molecule has 0 saturated carbocycles. The minimum absolute atomic E-state index is 0.0251. The molecule has 7 N–H and O–H groups in total. The average molecular weight is 675 g/mol. The van der Waals surface area contributed by atoms with Gasteiger partial charge in [0.05, 0.1) is 34.9 Å². The van der Waals surface area contributed by atoms with Gasteiger partial charge in [-0.15, -0.1) is 0 Å². The van der Waals surface area contributed by atoms with E-state index < -0.39 is 47.7 Å². The van der Waals surface area contributed by atoms with Gasteiger partial charge in [0.2, 0.25) is 0 Å². The fraction of sp³-hybridized carbons (Fsp3) is 0.314. The van der Waals surface area contributed by atoms with Crippen LogP contribution in [0.3, 0.4) is 0 Å². The van der Waals surface area contributed by atoms with Gasteiger partial charge in [-0.05, 0) is 93.1 Å². The Morgan fingerprint density at radius 3 is 2.47 bits per heavy atom. The van der Waals surface area contributed by atoms with Gasteiger partial charge in [0.15, 0.2) is 17.5 Å². The first-order valence-electron chi connectivity index (χ1n) is 15.4. The quantitative estimate of drug-likeness (QED) is 0.0887. The van der Waals surface area contributed by atoms with Gasteiger partial charge >= 0.3 is 23.9 Å². The van der Waals surface area contributed by atoms with E-state index in [1.165, 1.54) is 18.2 Å². The molecule has 0 aliphatic carbocycles. The van der Waals surface area contributed by atoms with Gasteiger partial charge in [0.1, 0.15) is 5.60 Å². The van der Waals surface area contributed by atoms with Gasteiger partial charge < -0.3 is 41.2 Å². The molecule has 1 unspecified atom stereocenters. The summed E-state index contributed by atoms with van der Waals surface area (Å²) < 4.78 is 17.2. The highest BCUT2D eigenvalue weighted by Crippen LogP contribution is 2.40. The number of fused-ring (bicyclic) bond motifs is 2. The van der Waals surface area contributed by atoms with Crippen LogP contribution in [0.25, 0.3) is 0 Å². The topological polar surface area (TPSA) is 230 Å². The number of rotatable bonds is 10. The van der Waals surface area contributed by atoms with E-state index >= 15 is 0 Å². The van der Waals surface area contributed by atoms with Gasteiger partial charge in [0, 0.05) is 13.0 Å². The number of carbonyl (C=O) groups excluding carboxylic acids is 3. The number of nitrogens with one attached hydrogen (secondary N) is 1. The lowest BCUT2D eigenvalue weighted by molar-refractivity contribution is -0.140. The number of ether oxygens (including phenoxy) is 3. The predicted molar refractivity (Wildman–Crippen MR) is 177 cm³/mol. The number of carboxylic acid groups (broad SMARTS) is 2. The third-order valence-corrected chi connectivity index (χ3v) is 7.32. The lowest BCUT2D eigenvalue weighted by Gasteiger charge is -2.23. The van der Waals surface area contributed by atoms with Crippen LogP contribution in [-0.4, -0.2) is 58.2 Å². The molecule has 0 bridgehead atoms. The second-order valence-corrected chi connectivity index (χ2v) is 12.3. The monoisotopic (exact) mass is 674 g/mol. The number of benzene rings is 3. The van der Waals surface area contributed by atoms with Crippen LogP contribution in [0.2, 0.25) is 0 Å². The molecule has 0 fully saturated rings. The molecule has 14 heteroatoms. The lowest BCUT2D eigenvalue weighted by Crippen LogP contribution is -2.28. The number of amides is 1. The molecule has 1 amide bonds. The number of carbonyl (C=O) groups is 5. The third kappa shape index (κ3) is 9.56. The van der Waals surface area contributed by atoms with Crippen molar-refractivity contribution in [2.75, 3.05) is 6.61 Å². The fourth-order valence-corrected chi connectivity index (χ4v) is 5.22. The Bertz CT molecular complexity index is 1810. The van der Waals surface area contributed by atoms with Crippen molar-refractivity contribution >= 4 is 41.4 Å². The SMILES string of the molecule is CC(C)(C)OC(=O)c1cccc(CNC(=O)c2c(C(CCC(=O)O)C(=O)O)ccc3c2OCCCc2cc(N=C(N)N)ccc2C(=O)O3)c1. The van der Waals surface area contributed by atoms with Crippen LogP contribution in [0, 0.1) is 0 Å². The predicted octanol–water partition coefficient (Wildman–Crippen LogP) is 4.05. The molecule has 49 heavy (non-hydrogen) atoms. The molecule has 0 spiro atoms. The Morgan fingerprint density at radius 1 is 1.04 bits per heavy atom. The van der Waals surface area contributed by atoms with E-state index in [1.807, 2.05) is 0 Å². The molecule has 1 aliphatic heterocycles. The van der Waals surface area contributed by atoms with Crippen LogP contribution in [0.5, 0.6) is 11.5 Å². The van der Waals surface area contributed by atoms with Crippen LogP contribution < -0.4 is 26.3 Å². The van der Waals surface area contributed by atoms with Crippen LogP contribution >= 0.6 is 0 Å². The highest BCUT2D eigenvalue weighted by molar-refractivity contribution is 6.02. The molecule has 3 aromatic rings. The zero-order valence-electron chi connectivity index (χ0n) is 27.3. The number of carboxylic acids is 2. The molecular formula is C35H38N4O10. The Kier molecular flexibility index (Phi) is 11.2. The Hall–Kier alpha value is -5.92. The Balaban J connectivity index is 1.74. The summed E-state index contributed by atoms with van der Waals surface area (Å²) >= 11 is 0. The average Bonchev–Trinajstić information content (AvgIpc) is 3.01. The number of nitrogens with zero attached hydrogens (tertiary/aromatic N) is 1. The summed E-state index contributed by atoms with van der Waals surface area (Å²) in [5, 5.41) is 22.1. The summed E-state index contributed by atoms with van der Waals surface area (Å²) in [7, 11) is 0. The van der Waals surface area contributed by atoms with Gasteiger partial charge in [-0.2, -0.15) is 0 Å². The van der Waals surface area contributed by atoms with Gasteiger partial charge in [-0.3, -0.25) is 14.4 Å². The molecular weight excluding hydrogens is 636 g/mol. The van der Waals surface area contributed by atoms with E-state index in [0.29, 0.717) is 29.7 Å². The molecule has 1 atom stereocenters. The smallest absolute Gasteiger partial charge is 0.343 e. The van der Waals surface area contributed by atoms with Crippen LogP contribution in [-0.2, 0) is 27.3 Å². The maximum Gasteiger partial charge on any atom is 0.343 e. The summed E-state index contributed by atoms with van der Waals surface area (Å²) in [6.45, 7) is 5.17. The van der Waals surface area contributed by atoms with E-state index in [1.54, 1.807) is 57.2 Å². The number of hydrogen-bond acceptors (Lipinski definition) is 9.